The molecule has 3 aromatic heterocycles. The number of benzene rings is 8. The van der Waals surface area contributed by atoms with Crippen LogP contribution in [0.25, 0.3) is 111 Å². The van der Waals surface area contributed by atoms with Gasteiger partial charge in [0.2, 0.25) is 0 Å². The van der Waals surface area contributed by atoms with Crippen LogP contribution in [0.4, 0.5) is 0 Å². The molecule has 8 aromatic carbocycles. The highest BCUT2D eigenvalue weighted by Gasteiger charge is 2.17. The van der Waals surface area contributed by atoms with Crippen molar-refractivity contribution >= 4 is 54.4 Å². The lowest BCUT2D eigenvalue weighted by atomic mass is 9.91. The van der Waals surface area contributed by atoms with Gasteiger partial charge in [0.1, 0.15) is 11.2 Å². The summed E-state index contributed by atoms with van der Waals surface area (Å²) >= 11 is 0. The predicted molar refractivity (Wildman–Crippen MR) is 225 cm³/mol. The van der Waals surface area contributed by atoms with Crippen LogP contribution in [0, 0.1) is 0 Å². The molecule has 0 amide bonds. The normalized spacial score (nSPS) is 11.6. The predicted octanol–water partition coefficient (Wildman–Crippen LogP) is 13.0. The van der Waals surface area contributed by atoms with E-state index in [1.807, 2.05) is 66.9 Å². The summed E-state index contributed by atoms with van der Waals surface area (Å²) in [6.45, 7) is 0. The Morgan fingerprint density at radius 3 is 1.78 bits per heavy atom. The number of pyridine rings is 1. The molecule has 256 valence electrons. The van der Waals surface area contributed by atoms with E-state index in [0.29, 0.717) is 17.5 Å². The topological polar surface area (TPSA) is 64.7 Å². The molecule has 11 aromatic rings. The summed E-state index contributed by atoms with van der Waals surface area (Å²) in [5.41, 5.74) is 9.90. The van der Waals surface area contributed by atoms with E-state index >= 15 is 0 Å². The maximum absolute atomic E-state index is 6.22. The van der Waals surface area contributed by atoms with Crippen molar-refractivity contribution in [1.82, 2.24) is 19.9 Å². The zero-order valence-corrected chi connectivity index (χ0v) is 29.5. The summed E-state index contributed by atoms with van der Waals surface area (Å²) in [5.74, 6) is 1.85. The molecule has 0 N–H and O–H groups in total. The first-order valence-corrected chi connectivity index (χ1v) is 18.4. The maximum atomic E-state index is 6.22. The number of hydrogen-bond acceptors (Lipinski definition) is 5. The van der Waals surface area contributed by atoms with Crippen molar-refractivity contribution < 1.29 is 4.42 Å². The third kappa shape index (κ3) is 5.24. The molecule has 0 spiro atoms. The molecule has 0 fully saturated rings. The minimum atomic E-state index is 0.610. The Hall–Kier alpha value is -7.50. The molecule has 0 bridgehead atoms. The molecule has 55 heavy (non-hydrogen) atoms. The van der Waals surface area contributed by atoms with Gasteiger partial charge in [-0.2, -0.15) is 0 Å². The van der Waals surface area contributed by atoms with Crippen molar-refractivity contribution in [3.63, 3.8) is 0 Å². The van der Waals surface area contributed by atoms with Crippen molar-refractivity contribution in [2.24, 2.45) is 0 Å². The molecule has 0 atom stereocenters. The van der Waals surface area contributed by atoms with Gasteiger partial charge in [0.15, 0.2) is 17.5 Å². The molecule has 5 heteroatoms. The lowest BCUT2D eigenvalue weighted by molar-refractivity contribution is 0.669. The van der Waals surface area contributed by atoms with E-state index in [1.165, 1.54) is 16.2 Å². The van der Waals surface area contributed by atoms with Crippen LogP contribution < -0.4 is 0 Å². The first kappa shape index (κ1) is 31.1. The number of para-hydroxylation sites is 2. The number of hydrogen-bond donors (Lipinski definition) is 0. The highest BCUT2D eigenvalue weighted by molar-refractivity contribution is 6.22. The Morgan fingerprint density at radius 1 is 0.345 bits per heavy atom. The van der Waals surface area contributed by atoms with Gasteiger partial charge < -0.3 is 4.42 Å². The van der Waals surface area contributed by atoms with Crippen LogP contribution in [-0.2, 0) is 0 Å². The van der Waals surface area contributed by atoms with Crippen LogP contribution in [0.5, 0.6) is 0 Å². The average Bonchev–Trinajstić information content (AvgIpc) is 3.65. The van der Waals surface area contributed by atoms with E-state index in [0.717, 1.165) is 77.2 Å². The third-order valence-corrected chi connectivity index (χ3v) is 10.6. The van der Waals surface area contributed by atoms with Gasteiger partial charge >= 0.3 is 0 Å². The third-order valence-electron chi connectivity index (χ3n) is 10.6. The monoisotopic (exact) mass is 702 g/mol. The van der Waals surface area contributed by atoms with Gasteiger partial charge in [-0.15, -0.1) is 0 Å². The van der Waals surface area contributed by atoms with E-state index in [2.05, 4.69) is 115 Å². The second kappa shape index (κ2) is 12.6. The molecule has 0 saturated carbocycles. The standard InChI is InChI=1S/C50H30N4O/c1-2-12-32(13-3-1)48-52-49(54-50(53-48)36-16-10-15-34(28-36)38-20-11-23-45-47(38)40-19-7-9-22-44(40)55-45)33-26-24-31(25-27-33)41-29-35-14-4-5-17-37(35)42-30-51-43-21-8-6-18-39(43)46(41)42/h1-30H. The fourth-order valence-electron chi connectivity index (χ4n) is 7.95. The van der Waals surface area contributed by atoms with Gasteiger partial charge in [-0.05, 0) is 63.4 Å². The Kier molecular flexibility index (Phi) is 7.10. The second-order valence-electron chi connectivity index (χ2n) is 13.8. The Balaban J connectivity index is 1.05. The zero-order valence-electron chi connectivity index (χ0n) is 29.5. The van der Waals surface area contributed by atoms with Gasteiger partial charge in [-0.1, -0.05) is 146 Å². The van der Waals surface area contributed by atoms with Gasteiger partial charge in [-0.25, -0.2) is 15.0 Å². The summed E-state index contributed by atoms with van der Waals surface area (Å²) in [6, 6.07) is 60.8. The number of furan rings is 1. The molecule has 0 aliphatic heterocycles. The fourth-order valence-corrected chi connectivity index (χ4v) is 7.95. The van der Waals surface area contributed by atoms with E-state index in [-0.39, 0.29) is 0 Å². The van der Waals surface area contributed by atoms with E-state index in [9.17, 15) is 0 Å². The van der Waals surface area contributed by atoms with Crippen molar-refractivity contribution in [2.75, 3.05) is 0 Å². The van der Waals surface area contributed by atoms with Gasteiger partial charge in [0.05, 0.1) is 5.52 Å². The second-order valence-corrected chi connectivity index (χ2v) is 13.8. The molecule has 0 saturated heterocycles. The SMILES string of the molecule is c1ccc(-c2nc(-c3ccc(-c4cc5ccccc5c5cnc6ccccc6c45)cc3)nc(-c3cccc(-c4cccc5oc6ccccc6c45)c3)n2)cc1. The van der Waals surface area contributed by atoms with Crippen molar-refractivity contribution in [3.8, 4) is 56.4 Å². The fraction of sp³-hybridized carbons (Fsp3) is 0. The quantitative estimate of drug-likeness (QED) is 0.167. The van der Waals surface area contributed by atoms with Crippen LogP contribution in [0.3, 0.4) is 0 Å². The van der Waals surface area contributed by atoms with Crippen molar-refractivity contribution in [3.05, 3.63) is 182 Å². The minimum Gasteiger partial charge on any atom is -0.456 e. The molecule has 0 radical (unpaired) electrons. The minimum absolute atomic E-state index is 0.610. The molecular weight excluding hydrogens is 673 g/mol. The van der Waals surface area contributed by atoms with Gasteiger partial charge in [-0.3, -0.25) is 4.98 Å². The number of aromatic nitrogens is 4. The number of rotatable bonds is 5. The lowest BCUT2D eigenvalue weighted by Gasteiger charge is -2.14. The largest absolute Gasteiger partial charge is 0.456 e. The summed E-state index contributed by atoms with van der Waals surface area (Å²) in [6.07, 6.45) is 2.02. The van der Waals surface area contributed by atoms with Crippen LogP contribution in [-0.4, -0.2) is 19.9 Å². The Bertz CT molecular complexity index is 3260. The molecule has 5 nitrogen and oxygen atoms in total. The first-order chi connectivity index (χ1) is 27.2. The molecule has 0 aliphatic carbocycles. The molecular formula is C50H30N4O. The molecule has 0 aliphatic rings. The molecule has 0 unspecified atom stereocenters. The number of fused-ring (bicyclic) bond motifs is 8. The summed E-state index contributed by atoms with van der Waals surface area (Å²) in [5, 5.41) is 8.05. The lowest BCUT2D eigenvalue weighted by Crippen LogP contribution is -2.00. The van der Waals surface area contributed by atoms with E-state index in [4.69, 9.17) is 24.4 Å². The first-order valence-electron chi connectivity index (χ1n) is 18.4. The van der Waals surface area contributed by atoms with Gasteiger partial charge in [0.25, 0.3) is 0 Å². The smallest absolute Gasteiger partial charge is 0.164 e. The molecule has 3 heterocycles. The molecule has 11 rings (SSSR count). The summed E-state index contributed by atoms with van der Waals surface area (Å²) < 4.78 is 6.22. The van der Waals surface area contributed by atoms with Crippen LogP contribution >= 0.6 is 0 Å². The van der Waals surface area contributed by atoms with Crippen LogP contribution in [0.1, 0.15) is 0 Å². The summed E-state index contributed by atoms with van der Waals surface area (Å²) in [4.78, 5) is 20.0. The van der Waals surface area contributed by atoms with E-state index < -0.39 is 0 Å². The van der Waals surface area contributed by atoms with Crippen LogP contribution in [0.15, 0.2) is 187 Å². The van der Waals surface area contributed by atoms with Crippen LogP contribution in [0.2, 0.25) is 0 Å². The average molecular weight is 703 g/mol. The van der Waals surface area contributed by atoms with Crippen molar-refractivity contribution in [1.29, 1.82) is 0 Å². The Labute approximate surface area is 316 Å². The highest BCUT2D eigenvalue weighted by atomic mass is 16.3. The maximum Gasteiger partial charge on any atom is 0.164 e. The van der Waals surface area contributed by atoms with Crippen molar-refractivity contribution in [2.45, 2.75) is 0 Å². The highest BCUT2D eigenvalue weighted by Crippen LogP contribution is 2.40. The Morgan fingerprint density at radius 2 is 0.945 bits per heavy atom. The summed E-state index contributed by atoms with van der Waals surface area (Å²) in [7, 11) is 0. The zero-order chi connectivity index (χ0) is 36.3. The van der Waals surface area contributed by atoms with Gasteiger partial charge in [0, 0.05) is 49.8 Å². The number of nitrogens with zero attached hydrogens (tertiary/aromatic N) is 4. The van der Waals surface area contributed by atoms with E-state index in [1.54, 1.807) is 0 Å².